The molecule has 0 unspecified atom stereocenters. The van der Waals surface area contributed by atoms with Crippen molar-refractivity contribution in [1.29, 1.82) is 0 Å². The third-order valence-electron chi connectivity index (χ3n) is 7.49. The zero-order valence-corrected chi connectivity index (χ0v) is 35.9. The van der Waals surface area contributed by atoms with Gasteiger partial charge >= 0.3 is 11.9 Å². The van der Waals surface area contributed by atoms with Crippen LogP contribution in [-0.2, 0) is 39.9 Å². The van der Waals surface area contributed by atoms with E-state index in [1.807, 2.05) is 57.3 Å². The maximum absolute atomic E-state index is 12.7. The topological polar surface area (TPSA) is 217 Å². The van der Waals surface area contributed by atoms with Crippen molar-refractivity contribution < 1.29 is 58.2 Å². The molecule has 0 radical (unpaired) electrons. The lowest BCUT2D eigenvalue weighted by Crippen LogP contribution is -2.51. The number of benzene rings is 2. The fourth-order valence-electron chi connectivity index (χ4n) is 4.91. The number of nitrogens with one attached hydrogen (secondary N) is 2. The highest BCUT2D eigenvalue weighted by Crippen LogP contribution is 2.37. The van der Waals surface area contributed by atoms with Crippen LogP contribution in [0.15, 0.2) is 30.3 Å². The number of amides is 3. The van der Waals surface area contributed by atoms with E-state index in [4.69, 9.17) is 18.9 Å². The summed E-state index contributed by atoms with van der Waals surface area (Å²) in [6.45, 7) is 0.0252. The molecule has 0 spiro atoms. The lowest BCUT2D eigenvalue weighted by molar-refractivity contribution is -0.147. The maximum atomic E-state index is 12.7. The number of rotatable bonds is 14. The summed E-state index contributed by atoms with van der Waals surface area (Å²) in [5.41, 5.74) is 0.735. The standard InChI is InChI=1S/C32H32I4N4O12/c1-49-32(48)22(10-16-8-20(35)30(21(36)9-16)51-17-11-18(33)29(46)19(34)12-17)37-25(42)14-50-15-27(44)40-6-4-39(5-7-40)26(43)2-3-28(45)52-23-13-24(41)38-31(23)47/h8-9,11-13,22,38,41,46-47H,2-7,10,14-15H2,1H3,(H,37,42)/t22-/m0/s1. The highest BCUT2D eigenvalue weighted by molar-refractivity contribution is 14.1. The summed E-state index contributed by atoms with van der Waals surface area (Å²) >= 11 is 8.31. The average Bonchev–Trinajstić information content (AvgIpc) is 3.42. The molecule has 1 fully saturated rings. The zero-order chi connectivity index (χ0) is 38.1. The van der Waals surface area contributed by atoms with Crippen LogP contribution in [0.1, 0.15) is 18.4 Å². The summed E-state index contributed by atoms with van der Waals surface area (Å²) in [6.07, 6.45) is -0.284. The molecule has 2 heterocycles. The Labute approximate surface area is 351 Å². The molecular weight excluding hydrogens is 1140 g/mol. The number of aromatic amines is 1. The Morgan fingerprint density at radius 2 is 1.42 bits per heavy atom. The molecule has 1 atom stereocenters. The van der Waals surface area contributed by atoms with Crippen molar-refractivity contribution >= 4 is 120 Å². The third kappa shape index (κ3) is 11.8. The lowest BCUT2D eigenvalue weighted by Gasteiger charge is -2.34. The van der Waals surface area contributed by atoms with Gasteiger partial charge in [0.2, 0.25) is 23.6 Å². The quantitative estimate of drug-likeness (QED) is 0.116. The number of piperazine rings is 1. The third-order valence-corrected chi connectivity index (χ3v) is 10.7. The van der Waals surface area contributed by atoms with Crippen molar-refractivity contribution in [3.8, 4) is 34.8 Å². The van der Waals surface area contributed by atoms with Crippen LogP contribution in [0.4, 0.5) is 0 Å². The van der Waals surface area contributed by atoms with Crippen molar-refractivity contribution in [3.05, 3.63) is 50.2 Å². The first-order chi connectivity index (χ1) is 24.6. The predicted octanol–water partition coefficient (Wildman–Crippen LogP) is 3.62. The van der Waals surface area contributed by atoms with Crippen molar-refractivity contribution in [2.45, 2.75) is 25.3 Å². The summed E-state index contributed by atoms with van der Waals surface area (Å²) < 4.78 is 24.1. The second-order valence-corrected chi connectivity index (χ2v) is 15.8. The summed E-state index contributed by atoms with van der Waals surface area (Å²) in [5.74, 6) is -2.55. The Bertz CT molecular complexity index is 1780. The van der Waals surface area contributed by atoms with Gasteiger partial charge in [0.25, 0.3) is 0 Å². The largest absolute Gasteiger partial charge is 0.506 e. The van der Waals surface area contributed by atoms with E-state index in [2.05, 4.69) is 55.5 Å². The molecule has 3 aromatic rings. The number of aromatic hydroxyl groups is 3. The highest BCUT2D eigenvalue weighted by atomic mass is 127. The molecule has 0 aliphatic carbocycles. The minimum absolute atomic E-state index is 0.115. The minimum atomic E-state index is -1.03. The number of aromatic nitrogens is 1. The number of H-pyrrole nitrogens is 1. The molecule has 4 rings (SSSR count). The number of phenols is 1. The second-order valence-electron chi connectivity index (χ2n) is 11.2. The van der Waals surface area contributed by atoms with Crippen LogP contribution in [0.25, 0.3) is 0 Å². The van der Waals surface area contributed by atoms with Gasteiger partial charge in [-0.05, 0) is 120 Å². The fourth-order valence-corrected chi connectivity index (χ4v) is 8.74. The molecule has 20 heteroatoms. The van der Waals surface area contributed by atoms with Crippen molar-refractivity contribution in [2.75, 3.05) is 46.5 Å². The maximum Gasteiger partial charge on any atom is 0.328 e. The van der Waals surface area contributed by atoms with E-state index < -0.39 is 43.0 Å². The van der Waals surface area contributed by atoms with Crippen LogP contribution >= 0.6 is 90.4 Å². The van der Waals surface area contributed by atoms with Gasteiger partial charge in [-0.15, -0.1) is 0 Å². The van der Waals surface area contributed by atoms with E-state index in [0.29, 0.717) is 18.6 Å². The van der Waals surface area contributed by atoms with Gasteiger partial charge < -0.3 is 49.4 Å². The molecule has 0 saturated carbocycles. The Balaban J connectivity index is 1.20. The van der Waals surface area contributed by atoms with Gasteiger partial charge in [0.05, 0.1) is 27.8 Å². The first-order valence-electron chi connectivity index (χ1n) is 15.3. The minimum Gasteiger partial charge on any atom is -0.506 e. The molecule has 52 heavy (non-hydrogen) atoms. The number of methoxy groups -OCH3 is 1. The first kappa shape index (κ1) is 41.9. The Morgan fingerprint density at radius 1 is 0.827 bits per heavy atom. The predicted molar refractivity (Wildman–Crippen MR) is 216 cm³/mol. The monoisotopic (exact) mass is 1170 g/mol. The van der Waals surface area contributed by atoms with Crippen LogP contribution in [0.2, 0.25) is 0 Å². The van der Waals surface area contributed by atoms with Crippen LogP contribution in [0.5, 0.6) is 34.8 Å². The van der Waals surface area contributed by atoms with E-state index in [1.54, 1.807) is 12.1 Å². The fraction of sp³-hybridized carbons (Fsp3) is 0.344. The number of halogens is 4. The number of carbonyl (C=O) groups excluding carboxylic acids is 5. The van der Waals surface area contributed by atoms with Crippen molar-refractivity contribution in [2.24, 2.45) is 0 Å². The van der Waals surface area contributed by atoms with Gasteiger partial charge in [-0.2, -0.15) is 0 Å². The Hall–Kier alpha value is -2.85. The molecule has 16 nitrogen and oxygen atoms in total. The van der Waals surface area contributed by atoms with Gasteiger partial charge in [0.15, 0.2) is 17.4 Å². The number of phenolic OH excluding ortho intramolecular Hbond substituents is 1. The molecule has 2 aromatic carbocycles. The number of ether oxygens (including phenoxy) is 4. The number of nitrogens with zero attached hydrogens (tertiary/aromatic N) is 2. The molecule has 3 amide bonds. The van der Waals surface area contributed by atoms with Crippen molar-refractivity contribution in [3.63, 3.8) is 0 Å². The normalized spacial score (nSPS) is 13.3. The van der Waals surface area contributed by atoms with E-state index in [0.717, 1.165) is 18.8 Å². The number of esters is 2. The van der Waals surface area contributed by atoms with E-state index >= 15 is 0 Å². The number of carbonyl (C=O) groups is 5. The van der Waals surface area contributed by atoms with E-state index in [9.17, 15) is 39.3 Å². The summed E-state index contributed by atoms with van der Waals surface area (Å²) in [4.78, 5) is 67.8. The smallest absolute Gasteiger partial charge is 0.328 e. The van der Waals surface area contributed by atoms with Crippen molar-refractivity contribution in [1.82, 2.24) is 20.1 Å². The summed E-state index contributed by atoms with van der Waals surface area (Å²) in [6, 6.07) is 7.11. The SMILES string of the molecule is COC(=O)[C@H](Cc1cc(I)c(Oc2cc(I)c(O)c(I)c2)c(I)c1)NC(=O)COCC(=O)N1CCN(C(=O)CCC(=O)Oc2cc(O)[nH]c2O)CC1. The Kier molecular flexibility index (Phi) is 15.7. The molecular formula is C32H32I4N4O12. The van der Waals surface area contributed by atoms with Gasteiger partial charge in [0.1, 0.15) is 30.8 Å². The van der Waals surface area contributed by atoms with Crippen LogP contribution in [-0.4, -0.2) is 112 Å². The van der Waals surface area contributed by atoms with Gasteiger partial charge in [-0.3, -0.25) is 24.2 Å². The highest BCUT2D eigenvalue weighted by Gasteiger charge is 2.27. The Morgan fingerprint density at radius 3 is 1.98 bits per heavy atom. The van der Waals surface area contributed by atoms with Gasteiger partial charge in [0, 0.05) is 45.1 Å². The molecule has 1 aliphatic rings. The summed E-state index contributed by atoms with van der Waals surface area (Å²) in [7, 11) is 1.22. The lowest BCUT2D eigenvalue weighted by atomic mass is 10.1. The molecule has 1 saturated heterocycles. The zero-order valence-electron chi connectivity index (χ0n) is 27.3. The number of hydrogen-bond acceptors (Lipinski definition) is 12. The average molecular weight is 1170 g/mol. The number of hydrogen-bond donors (Lipinski definition) is 5. The molecule has 280 valence electrons. The first-order valence-corrected chi connectivity index (χ1v) is 19.6. The van der Waals surface area contributed by atoms with Gasteiger partial charge in [-0.25, -0.2) is 4.79 Å². The van der Waals surface area contributed by atoms with Crippen LogP contribution < -0.4 is 14.8 Å². The molecule has 5 N–H and O–H groups in total. The summed E-state index contributed by atoms with van der Waals surface area (Å²) in [5, 5.41) is 31.5. The van der Waals surface area contributed by atoms with Crippen LogP contribution in [0, 0.1) is 14.3 Å². The van der Waals surface area contributed by atoms with E-state index in [-0.39, 0.29) is 74.6 Å². The van der Waals surface area contributed by atoms with Crippen LogP contribution in [0.3, 0.4) is 0 Å². The van der Waals surface area contributed by atoms with E-state index in [1.165, 1.54) is 16.9 Å². The molecule has 1 aliphatic heterocycles. The second kappa shape index (κ2) is 19.5. The van der Waals surface area contributed by atoms with Gasteiger partial charge in [-0.1, -0.05) is 0 Å². The molecule has 1 aromatic heterocycles. The molecule has 0 bridgehead atoms.